The first-order valence-corrected chi connectivity index (χ1v) is 9.67. The molecule has 0 saturated heterocycles. The quantitative estimate of drug-likeness (QED) is 0.675. The van der Waals surface area contributed by atoms with Crippen LogP contribution in [0.25, 0.3) is 0 Å². The van der Waals surface area contributed by atoms with Crippen LogP contribution in [0.3, 0.4) is 0 Å². The molecule has 0 spiro atoms. The van der Waals surface area contributed by atoms with Gasteiger partial charge in [0, 0.05) is 24.9 Å². The Labute approximate surface area is 131 Å². The summed E-state index contributed by atoms with van der Waals surface area (Å²) in [5.74, 6) is 1.09. The molecule has 0 amide bonds. The van der Waals surface area contributed by atoms with Gasteiger partial charge in [-0.05, 0) is 24.0 Å². The maximum atomic E-state index is 12.4. The van der Waals surface area contributed by atoms with Gasteiger partial charge in [-0.1, -0.05) is 19.9 Å². The molecule has 0 radical (unpaired) electrons. The summed E-state index contributed by atoms with van der Waals surface area (Å²) in [6.45, 7) is 5.12. The molecule has 1 aromatic rings. The fourth-order valence-corrected chi connectivity index (χ4v) is 3.40. The highest BCUT2D eigenvalue weighted by Crippen LogP contribution is 2.24. The second-order valence-electron chi connectivity index (χ2n) is 4.91. The van der Waals surface area contributed by atoms with E-state index in [-0.39, 0.29) is 4.90 Å². The lowest BCUT2D eigenvalue weighted by Crippen LogP contribution is -2.27. The van der Waals surface area contributed by atoms with Crippen molar-refractivity contribution >= 4 is 21.8 Å². The largest absolute Gasteiger partial charge is 0.495 e. The summed E-state index contributed by atoms with van der Waals surface area (Å²) in [6, 6.07) is 5.57. The fourth-order valence-electron chi connectivity index (χ4n) is 1.72. The van der Waals surface area contributed by atoms with Gasteiger partial charge < -0.3 is 10.1 Å². The minimum absolute atomic E-state index is 0.189. The van der Waals surface area contributed by atoms with Crippen molar-refractivity contribution in [1.82, 2.24) is 10.0 Å². The molecule has 1 rings (SSSR count). The van der Waals surface area contributed by atoms with Crippen molar-refractivity contribution in [3.63, 3.8) is 0 Å². The lowest BCUT2D eigenvalue weighted by atomic mass is 10.2. The molecule has 0 aliphatic carbocycles. The second-order valence-corrected chi connectivity index (χ2v) is 7.63. The third kappa shape index (κ3) is 5.86. The number of nitrogens with one attached hydrogen (secondary N) is 2. The van der Waals surface area contributed by atoms with Gasteiger partial charge in [0.1, 0.15) is 10.6 Å². The third-order valence-electron chi connectivity index (χ3n) is 2.83. The number of hydrogen-bond acceptors (Lipinski definition) is 5. The van der Waals surface area contributed by atoms with Gasteiger partial charge in [0.05, 0.1) is 7.11 Å². The molecule has 0 bridgehead atoms. The second kappa shape index (κ2) is 8.63. The maximum Gasteiger partial charge on any atom is 0.244 e. The number of benzene rings is 1. The number of thioether (sulfide) groups is 1. The highest BCUT2D eigenvalue weighted by Gasteiger charge is 2.19. The topological polar surface area (TPSA) is 67.4 Å². The standard InChI is InChI=1S/C14H24N2O3S2/c1-11(2)15-10-12-5-6-13(19-3)14(9-12)21(17,18)16-7-8-20-4/h5-6,9,11,15-16H,7-8,10H2,1-4H3. The van der Waals surface area contributed by atoms with Crippen LogP contribution >= 0.6 is 11.8 Å². The third-order valence-corrected chi connectivity index (χ3v) is 4.92. The Balaban J connectivity index is 2.99. The van der Waals surface area contributed by atoms with Crippen LogP contribution in [0.5, 0.6) is 5.75 Å². The van der Waals surface area contributed by atoms with Crippen LogP contribution in [-0.4, -0.2) is 40.1 Å². The zero-order valence-corrected chi connectivity index (χ0v) is 14.6. The zero-order valence-electron chi connectivity index (χ0n) is 13.0. The zero-order chi connectivity index (χ0) is 15.9. The Morgan fingerprint density at radius 3 is 2.62 bits per heavy atom. The Morgan fingerprint density at radius 2 is 2.05 bits per heavy atom. The Kier molecular flexibility index (Phi) is 7.51. The molecule has 0 saturated carbocycles. The summed E-state index contributed by atoms with van der Waals surface area (Å²) < 4.78 is 32.5. The van der Waals surface area contributed by atoms with E-state index in [1.807, 2.05) is 26.2 Å². The van der Waals surface area contributed by atoms with Crippen molar-refractivity contribution in [1.29, 1.82) is 0 Å². The maximum absolute atomic E-state index is 12.4. The van der Waals surface area contributed by atoms with Gasteiger partial charge in [-0.15, -0.1) is 0 Å². The summed E-state index contributed by atoms with van der Waals surface area (Å²) in [4.78, 5) is 0.189. The van der Waals surface area contributed by atoms with E-state index in [4.69, 9.17) is 4.74 Å². The molecule has 1 aromatic carbocycles. The van der Waals surface area contributed by atoms with E-state index < -0.39 is 10.0 Å². The monoisotopic (exact) mass is 332 g/mol. The minimum atomic E-state index is -3.55. The first-order valence-electron chi connectivity index (χ1n) is 6.79. The average Bonchev–Trinajstić information content (AvgIpc) is 2.45. The normalized spacial score (nSPS) is 11.9. The molecular weight excluding hydrogens is 308 g/mol. The van der Waals surface area contributed by atoms with Crippen LogP contribution in [-0.2, 0) is 16.6 Å². The van der Waals surface area contributed by atoms with Gasteiger partial charge in [0.2, 0.25) is 10.0 Å². The van der Waals surface area contributed by atoms with E-state index in [2.05, 4.69) is 10.0 Å². The van der Waals surface area contributed by atoms with E-state index in [1.165, 1.54) is 7.11 Å². The summed E-state index contributed by atoms with van der Waals surface area (Å²) in [7, 11) is -2.08. The molecule has 2 N–H and O–H groups in total. The molecular formula is C14H24N2O3S2. The van der Waals surface area contributed by atoms with Gasteiger partial charge in [0.25, 0.3) is 0 Å². The van der Waals surface area contributed by atoms with Crippen molar-refractivity contribution in [2.75, 3.05) is 25.7 Å². The average molecular weight is 332 g/mol. The Hall–Kier alpha value is -0.760. The fraction of sp³-hybridized carbons (Fsp3) is 0.571. The first kappa shape index (κ1) is 18.3. The molecule has 0 aliphatic heterocycles. The highest BCUT2D eigenvalue weighted by atomic mass is 32.2. The molecule has 0 atom stereocenters. The van der Waals surface area contributed by atoms with Crippen LogP contribution in [0.15, 0.2) is 23.1 Å². The lowest BCUT2D eigenvalue weighted by molar-refractivity contribution is 0.402. The van der Waals surface area contributed by atoms with Gasteiger partial charge in [0.15, 0.2) is 0 Å². The lowest BCUT2D eigenvalue weighted by Gasteiger charge is -2.13. The van der Waals surface area contributed by atoms with Crippen LogP contribution in [0, 0.1) is 0 Å². The molecule has 21 heavy (non-hydrogen) atoms. The predicted octanol–water partition coefficient (Wildman–Crippen LogP) is 1.83. The summed E-state index contributed by atoms with van der Waals surface area (Å²) in [5, 5.41) is 3.27. The van der Waals surface area contributed by atoms with Gasteiger partial charge in [-0.2, -0.15) is 11.8 Å². The van der Waals surface area contributed by atoms with E-state index in [1.54, 1.807) is 23.9 Å². The molecule has 0 unspecified atom stereocenters. The van der Waals surface area contributed by atoms with E-state index in [0.717, 1.165) is 11.3 Å². The SMILES string of the molecule is COc1ccc(CNC(C)C)cc1S(=O)(=O)NCCSC. The number of ether oxygens (including phenoxy) is 1. The van der Waals surface area contributed by atoms with Crippen LogP contribution in [0.4, 0.5) is 0 Å². The molecule has 5 nitrogen and oxygen atoms in total. The van der Waals surface area contributed by atoms with Crippen molar-refractivity contribution in [3.05, 3.63) is 23.8 Å². The predicted molar refractivity (Wildman–Crippen MR) is 88.5 cm³/mol. The number of rotatable bonds is 9. The van der Waals surface area contributed by atoms with E-state index in [9.17, 15) is 8.42 Å². The summed E-state index contributed by atoms with van der Waals surface area (Å²) >= 11 is 1.59. The number of methoxy groups -OCH3 is 1. The van der Waals surface area contributed by atoms with Crippen molar-refractivity contribution in [2.24, 2.45) is 0 Å². The Morgan fingerprint density at radius 1 is 1.33 bits per heavy atom. The van der Waals surface area contributed by atoms with E-state index >= 15 is 0 Å². The van der Waals surface area contributed by atoms with Crippen molar-refractivity contribution in [2.45, 2.75) is 31.3 Å². The Bertz CT molecular complexity index is 545. The van der Waals surface area contributed by atoms with Crippen molar-refractivity contribution in [3.8, 4) is 5.75 Å². The van der Waals surface area contributed by atoms with Crippen LogP contribution in [0.2, 0.25) is 0 Å². The molecule has 0 heterocycles. The van der Waals surface area contributed by atoms with Crippen LogP contribution in [0.1, 0.15) is 19.4 Å². The van der Waals surface area contributed by atoms with Crippen LogP contribution < -0.4 is 14.8 Å². The van der Waals surface area contributed by atoms with Crippen molar-refractivity contribution < 1.29 is 13.2 Å². The van der Waals surface area contributed by atoms with E-state index in [0.29, 0.717) is 24.9 Å². The molecule has 0 fully saturated rings. The first-order chi connectivity index (χ1) is 9.90. The molecule has 120 valence electrons. The van der Waals surface area contributed by atoms with Gasteiger partial charge >= 0.3 is 0 Å². The molecule has 7 heteroatoms. The number of hydrogen-bond donors (Lipinski definition) is 2. The molecule has 0 aromatic heterocycles. The van der Waals surface area contributed by atoms with Gasteiger partial charge in [-0.3, -0.25) is 0 Å². The summed E-state index contributed by atoms with van der Waals surface area (Å²) in [5.41, 5.74) is 0.912. The van der Waals surface area contributed by atoms with Gasteiger partial charge in [-0.25, -0.2) is 13.1 Å². The highest BCUT2D eigenvalue weighted by molar-refractivity contribution is 7.98. The number of sulfonamides is 1. The summed E-state index contributed by atoms with van der Waals surface area (Å²) in [6.07, 6.45) is 1.94. The minimum Gasteiger partial charge on any atom is -0.495 e. The molecule has 0 aliphatic rings. The smallest absolute Gasteiger partial charge is 0.244 e.